The summed E-state index contributed by atoms with van der Waals surface area (Å²) in [6.07, 6.45) is 2.21. The van der Waals surface area contributed by atoms with Crippen molar-refractivity contribution >= 4 is 23.6 Å². The van der Waals surface area contributed by atoms with Gasteiger partial charge in [-0.1, -0.05) is 11.6 Å². The molecule has 1 aliphatic heterocycles. The third kappa shape index (κ3) is 3.40. The van der Waals surface area contributed by atoms with E-state index in [4.69, 9.17) is 44.8 Å². The monoisotopic (exact) mass is 476 g/mol. The van der Waals surface area contributed by atoms with Crippen LogP contribution in [0.15, 0.2) is 11.6 Å². The van der Waals surface area contributed by atoms with Crippen LogP contribution in [0.2, 0.25) is 5.02 Å². The molecule has 0 saturated carbocycles. The molecule has 1 atom stereocenters. The van der Waals surface area contributed by atoms with Crippen molar-refractivity contribution in [1.29, 1.82) is 0 Å². The first-order valence-electron chi connectivity index (χ1n) is 10.2. The van der Waals surface area contributed by atoms with Crippen LogP contribution >= 0.6 is 11.6 Å². The van der Waals surface area contributed by atoms with Crippen molar-refractivity contribution in [3.8, 4) is 45.6 Å². The molecule has 2 aliphatic rings. The highest BCUT2D eigenvalue weighted by atomic mass is 35.5. The van der Waals surface area contributed by atoms with E-state index in [1.165, 1.54) is 35.5 Å². The summed E-state index contributed by atoms with van der Waals surface area (Å²) in [5.74, 6) is 1.76. The summed E-state index contributed by atoms with van der Waals surface area (Å²) in [5.41, 5.74) is 3.19. The van der Waals surface area contributed by atoms with Gasteiger partial charge in [-0.15, -0.1) is 0 Å². The van der Waals surface area contributed by atoms with Gasteiger partial charge in [-0.05, 0) is 29.7 Å². The van der Waals surface area contributed by atoms with E-state index >= 15 is 0 Å². The molecule has 4 rings (SSSR count). The van der Waals surface area contributed by atoms with E-state index < -0.39 is 0 Å². The Morgan fingerprint density at radius 1 is 0.818 bits per heavy atom. The van der Waals surface area contributed by atoms with Crippen LogP contribution in [0.1, 0.15) is 11.1 Å². The molecule has 2 aromatic carbocycles. The predicted octanol–water partition coefficient (Wildman–Crippen LogP) is 4.17. The second kappa shape index (κ2) is 8.94. The molecule has 1 aliphatic carbocycles. The van der Waals surface area contributed by atoms with Gasteiger partial charge in [0.05, 0.1) is 54.3 Å². The summed E-state index contributed by atoms with van der Waals surface area (Å²) in [4.78, 5) is 12.6. The maximum Gasteiger partial charge on any atom is 0.334 e. The Kier molecular flexibility index (Phi) is 6.21. The minimum absolute atomic E-state index is 0.205. The molecular weight excluding hydrogens is 452 g/mol. The number of halogens is 1. The number of esters is 1. The zero-order valence-electron chi connectivity index (χ0n) is 19.3. The molecule has 0 bridgehead atoms. The minimum atomic E-state index is -0.369. The van der Waals surface area contributed by atoms with Crippen molar-refractivity contribution in [3.05, 3.63) is 27.8 Å². The molecule has 1 fully saturated rings. The van der Waals surface area contributed by atoms with Crippen LogP contribution in [0.4, 0.5) is 0 Å². The number of hydrogen-bond acceptors (Lipinski definition) is 8. The fourth-order valence-corrected chi connectivity index (χ4v) is 4.88. The fourth-order valence-electron chi connectivity index (χ4n) is 4.54. The summed E-state index contributed by atoms with van der Waals surface area (Å²) in [5, 5.41) is 0.355. The van der Waals surface area contributed by atoms with Gasteiger partial charge < -0.3 is 33.2 Å². The third-order valence-corrected chi connectivity index (χ3v) is 6.38. The first-order chi connectivity index (χ1) is 15.9. The standard InChI is InChI=1S/C24H25ClO8/c1-27-15-9-11-7-13-12(10-33-24(13)26)8-14-17(16(11)20(29-3)19(15)28-2)21(30-4)23(32-6)22(31-5)18(14)25/h7,9,12H,8,10H2,1-6H3/b13-7+/t12-/m1/s1. The lowest BCUT2D eigenvalue weighted by Crippen LogP contribution is -2.14. The number of methoxy groups -OCH3 is 6. The van der Waals surface area contributed by atoms with Crippen LogP contribution in [0, 0.1) is 5.92 Å². The van der Waals surface area contributed by atoms with Gasteiger partial charge >= 0.3 is 5.97 Å². The Balaban J connectivity index is 2.24. The summed E-state index contributed by atoms with van der Waals surface area (Å²) in [6.45, 7) is 0.247. The lowest BCUT2D eigenvalue weighted by atomic mass is 9.82. The highest BCUT2D eigenvalue weighted by Crippen LogP contribution is 2.58. The van der Waals surface area contributed by atoms with E-state index in [9.17, 15) is 4.79 Å². The van der Waals surface area contributed by atoms with Crippen LogP contribution < -0.4 is 28.4 Å². The maximum atomic E-state index is 12.6. The second-order valence-corrected chi connectivity index (χ2v) is 7.85. The number of carbonyl (C=O) groups excluding carboxylic acids is 1. The first kappa shape index (κ1) is 22.9. The minimum Gasteiger partial charge on any atom is -0.493 e. The van der Waals surface area contributed by atoms with E-state index in [0.29, 0.717) is 73.8 Å². The summed E-state index contributed by atoms with van der Waals surface area (Å²) < 4.78 is 39.4. The number of hydrogen-bond donors (Lipinski definition) is 0. The van der Waals surface area contributed by atoms with Gasteiger partial charge in [0.25, 0.3) is 0 Å². The van der Waals surface area contributed by atoms with E-state index in [1.807, 2.05) is 0 Å². The van der Waals surface area contributed by atoms with Crippen molar-refractivity contribution in [2.24, 2.45) is 5.92 Å². The van der Waals surface area contributed by atoms with Crippen molar-refractivity contribution in [1.82, 2.24) is 0 Å². The third-order valence-electron chi connectivity index (χ3n) is 5.98. The summed E-state index contributed by atoms with van der Waals surface area (Å²) in [7, 11) is 9.16. The van der Waals surface area contributed by atoms with Gasteiger partial charge in [0.2, 0.25) is 11.5 Å². The second-order valence-electron chi connectivity index (χ2n) is 7.48. The normalized spacial score (nSPS) is 17.8. The van der Waals surface area contributed by atoms with Crippen LogP contribution in [-0.2, 0) is 16.0 Å². The van der Waals surface area contributed by atoms with E-state index in [0.717, 1.165) is 0 Å². The molecule has 2 aromatic rings. The highest BCUT2D eigenvalue weighted by molar-refractivity contribution is 6.34. The SMILES string of the molecule is COc1cc2c(c(OC)c1OC)-c1c(c(Cl)c(OC)c(OC)c1OC)C[C@@H]1COC(=O)/C1=C/2. The van der Waals surface area contributed by atoms with Crippen LogP contribution in [0.25, 0.3) is 17.2 Å². The predicted molar refractivity (Wildman–Crippen MR) is 122 cm³/mol. The van der Waals surface area contributed by atoms with Gasteiger partial charge in [-0.25, -0.2) is 4.79 Å². The van der Waals surface area contributed by atoms with E-state index in [2.05, 4.69) is 0 Å². The molecular formula is C24H25ClO8. The summed E-state index contributed by atoms with van der Waals surface area (Å²) in [6, 6.07) is 1.78. The average Bonchev–Trinajstić information content (AvgIpc) is 3.15. The number of benzene rings is 2. The Hall–Kier alpha value is -3.26. The molecule has 33 heavy (non-hydrogen) atoms. The maximum absolute atomic E-state index is 12.6. The number of ether oxygens (including phenoxy) is 7. The number of rotatable bonds is 6. The van der Waals surface area contributed by atoms with Crippen LogP contribution in [0.3, 0.4) is 0 Å². The van der Waals surface area contributed by atoms with E-state index in [-0.39, 0.29) is 18.5 Å². The highest BCUT2D eigenvalue weighted by Gasteiger charge is 2.38. The van der Waals surface area contributed by atoms with Gasteiger partial charge in [0, 0.05) is 22.6 Å². The van der Waals surface area contributed by atoms with Crippen LogP contribution in [0.5, 0.6) is 34.5 Å². The molecule has 0 N–H and O–H groups in total. The largest absolute Gasteiger partial charge is 0.493 e. The van der Waals surface area contributed by atoms with Crippen molar-refractivity contribution < 1.29 is 38.0 Å². The lowest BCUT2D eigenvalue weighted by molar-refractivity contribution is -0.135. The molecule has 1 saturated heterocycles. The number of carbonyl (C=O) groups is 1. The smallest absolute Gasteiger partial charge is 0.334 e. The topological polar surface area (TPSA) is 81.7 Å². The average molecular weight is 477 g/mol. The molecule has 0 radical (unpaired) electrons. The number of cyclic esters (lactones) is 1. The molecule has 8 nitrogen and oxygen atoms in total. The molecule has 0 aromatic heterocycles. The molecule has 0 unspecified atom stereocenters. The Morgan fingerprint density at radius 3 is 2.00 bits per heavy atom. The Morgan fingerprint density at radius 2 is 1.42 bits per heavy atom. The first-order valence-corrected chi connectivity index (χ1v) is 10.6. The molecule has 1 heterocycles. The van der Waals surface area contributed by atoms with Gasteiger partial charge in [0.1, 0.15) is 0 Å². The van der Waals surface area contributed by atoms with Gasteiger partial charge in [0.15, 0.2) is 23.0 Å². The summed E-state index contributed by atoms with van der Waals surface area (Å²) >= 11 is 6.88. The van der Waals surface area contributed by atoms with Gasteiger partial charge in [-0.3, -0.25) is 0 Å². The van der Waals surface area contributed by atoms with Crippen molar-refractivity contribution in [3.63, 3.8) is 0 Å². The van der Waals surface area contributed by atoms with Crippen molar-refractivity contribution in [2.45, 2.75) is 6.42 Å². The Bertz CT molecular complexity index is 1150. The van der Waals surface area contributed by atoms with E-state index in [1.54, 1.807) is 19.3 Å². The lowest BCUT2D eigenvalue weighted by Gasteiger charge is -2.27. The quantitative estimate of drug-likeness (QED) is 0.574. The number of fused-ring (bicyclic) bond motifs is 4. The molecule has 0 spiro atoms. The van der Waals surface area contributed by atoms with Crippen molar-refractivity contribution in [2.75, 3.05) is 49.3 Å². The van der Waals surface area contributed by atoms with Gasteiger partial charge in [-0.2, -0.15) is 0 Å². The zero-order chi connectivity index (χ0) is 23.9. The fraction of sp³-hybridized carbons (Fsp3) is 0.375. The van der Waals surface area contributed by atoms with Crippen LogP contribution in [-0.4, -0.2) is 55.2 Å². The molecule has 0 amide bonds. The molecule has 9 heteroatoms. The Labute approximate surface area is 196 Å². The molecule has 176 valence electrons. The zero-order valence-corrected chi connectivity index (χ0v) is 20.0.